The van der Waals surface area contributed by atoms with Gasteiger partial charge in [0.05, 0.1) is 25.5 Å². The summed E-state index contributed by atoms with van der Waals surface area (Å²) in [6.07, 6.45) is 0. The molecule has 0 fully saturated rings. The second kappa shape index (κ2) is 6.78. The summed E-state index contributed by atoms with van der Waals surface area (Å²) in [4.78, 5) is 23.5. The van der Waals surface area contributed by atoms with E-state index < -0.39 is 17.7 Å². The zero-order chi connectivity index (χ0) is 17.0. The maximum atomic E-state index is 12.9. The first-order chi connectivity index (χ1) is 11.0. The van der Waals surface area contributed by atoms with Gasteiger partial charge in [0.1, 0.15) is 5.82 Å². The Kier molecular flexibility index (Phi) is 4.80. The van der Waals surface area contributed by atoms with Crippen molar-refractivity contribution >= 4 is 17.6 Å². The number of carboxylic acid groups (broad SMARTS) is 1. The normalized spacial score (nSPS) is 10.0. The van der Waals surface area contributed by atoms with Crippen LogP contribution in [0, 0.1) is 5.82 Å². The van der Waals surface area contributed by atoms with Gasteiger partial charge >= 0.3 is 5.97 Å². The number of carbonyl (C=O) groups excluding carboxylic acids is 1. The van der Waals surface area contributed by atoms with Crippen LogP contribution in [0.1, 0.15) is 20.7 Å². The lowest BCUT2D eigenvalue weighted by Crippen LogP contribution is -2.15. The molecule has 2 N–H and O–H groups in total. The van der Waals surface area contributed by atoms with Gasteiger partial charge in [-0.3, -0.25) is 4.79 Å². The molecule has 7 heteroatoms. The summed E-state index contributed by atoms with van der Waals surface area (Å²) in [5.41, 5.74) is 0.0834. The van der Waals surface area contributed by atoms with Crippen LogP contribution in [-0.2, 0) is 0 Å². The number of benzene rings is 2. The molecule has 120 valence electrons. The number of halogens is 1. The molecule has 0 bridgehead atoms. The van der Waals surface area contributed by atoms with Crippen molar-refractivity contribution in [2.75, 3.05) is 19.5 Å². The second-order valence-electron chi connectivity index (χ2n) is 4.52. The van der Waals surface area contributed by atoms with Crippen LogP contribution < -0.4 is 14.8 Å². The Labute approximate surface area is 131 Å². The van der Waals surface area contributed by atoms with Crippen molar-refractivity contribution in [1.82, 2.24) is 0 Å². The fourth-order valence-electron chi connectivity index (χ4n) is 1.96. The van der Waals surface area contributed by atoms with Crippen molar-refractivity contribution in [2.45, 2.75) is 0 Å². The number of nitrogens with one attached hydrogen (secondary N) is 1. The fraction of sp³-hybridized carbons (Fsp3) is 0.125. The van der Waals surface area contributed by atoms with Crippen molar-refractivity contribution in [2.24, 2.45) is 0 Å². The molecular formula is C16H14FNO5. The van der Waals surface area contributed by atoms with Crippen molar-refractivity contribution < 1.29 is 28.6 Å². The molecule has 1 amide bonds. The standard InChI is InChI=1S/C16H14FNO5/c1-22-13-7-11(16(20)21)12(8-14(13)23-2)18-15(19)9-3-5-10(17)6-4-9/h3-8H,1-2H3,(H,18,19)(H,20,21). The minimum Gasteiger partial charge on any atom is -0.493 e. The van der Waals surface area contributed by atoms with E-state index in [0.717, 1.165) is 12.1 Å². The highest BCUT2D eigenvalue weighted by Gasteiger charge is 2.18. The van der Waals surface area contributed by atoms with Crippen LogP contribution >= 0.6 is 0 Å². The van der Waals surface area contributed by atoms with Crippen LogP contribution in [0.15, 0.2) is 36.4 Å². The maximum Gasteiger partial charge on any atom is 0.337 e. The lowest BCUT2D eigenvalue weighted by Gasteiger charge is -2.13. The fourth-order valence-corrected chi connectivity index (χ4v) is 1.96. The van der Waals surface area contributed by atoms with Gasteiger partial charge in [0.15, 0.2) is 11.5 Å². The lowest BCUT2D eigenvalue weighted by molar-refractivity contribution is 0.0697. The summed E-state index contributed by atoms with van der Waals surface area (Å²) < 4.78 is 23.0. The Hall–Kier alpha value is -3.09. The van der Waals surface area contributed by atoms with Gasteiger partial charge in [-0.1, -0.05) is 0 Å². The Morgan fingerprint density at radius 3 is 2.13 bits per heavy atom. The number of hydrogen-bond donors (Lipinski definition) is 2. The predicted molar refractivity (Wildman–Crippen MR) is 80.9 cm³/mol. The highest BCUT2D eigenvalue weighted by atomic mass is 19.1. The largest absolute Gasteiger partial charge is 0.493 e. The van der Waals surface area contributed by atoms with Gasteiger partial charge in [-0.15, -0.1) is 0 Å². The number of ether oxygens (including phenoxy) is 2. The van der Waals surface area contributed by atoms with Crippen molar-refractivity contribution in [3.05, 3.63) is 53.3 Å². The number of carboxylic acids is 1. The van der Waals surface area contributed by atoms with E-state index in [0.29, 0.717) is 0 Å². The molecule has 0 unspecified atom stereocenters. The summed E-state index contributed by atoms with van der Waals surface area (Å²) in [5, 5.41) is 11.7. The van der Waals surface area contributed by atoms with E-state index in [2.05, 4.69) is 5.32 Å². The van der Waals surface area contributed by atoms with Gasteiger partial charge in [0, 0.05) is 17.7 Å². The minimum atomic E-state index is -1.24. The first-order valence-corrected chi connectivity index (χ1v) is 6.52. The molecule has 6 nitrogen and oxygen atoms in total. The van der Waals surface area contributed by atoms with Crippen LogP contribution in [0.2, 0.25) is 0 Å². The van der Waals surface area contributed by atoms with Crippen molar-refractivity contribution in [3.63, 3.8) is 0 Å². The second-order valence-corrected chi connectivity index (χ2v) is 4.52. The van der Waals surface area contributed by atoms with E-state index in [-0.39, 0.29) is 28.3 Å². The number of methoxy groups -OCH3 is 2. The lowest BCUT2D eigenvalue weighted by atomic mass is 10.1. The molecule has 2 aromatic rings. The topological polar surface area (TPSA) is 84.9 Å². The molecule has 0 saturated carbocycles. The number of hydrogen-bond acceptors (Lipinski definition) is 4. The first-order valence-electron chi connectivity index (χ1n) is 6.52. The summed E-state index contributed by atoms with van der Waals surface area (Å²) >= 11 is 0. The molecule has 0 saturated heterocycles. The minimum absolute atomic E-state index is 0.0458. The number of carbonyl (C=O) groups is 2. The van der Waals surface area contributed by atoms with Crippen LogP contribution in [-0.4, -0.2) is 31.2 Å². The predicted octanol–water partition coefficient (Wildman–Crippen LogP) is 2.79. The van der Waals surface area contributed by atoms with Gasteiger partial charge in [-0.2, -0.15) is 0 Å². The van der Waals surface area contributed by atoms with Crippen LogP contribution in [0.5, 0.6) is 11.5 Å². The smallest absolute Gasteiger partial charge is 0.337 e. The van der Waals surface area contributed by atoms with Crippen molar-refractivity contribution in [1.29, 1.82) is 0 Å². The van der Waals surface area contributed by atoms with Crippen LogP contribution in [0.3, 0.4) is 0 Å². The van der Waals surface area contributed by atoms with Crippen LogP contribution in [0.4, 0.5) is 10.1 Å². The van der Waals surface area contributed by atoms with Gasteiger partial charge in [0.2, 0.25) is 0 Å². The quantitative estimate of drug-likeness (QED) is 0.885. The first kappa shape index (κ1) is 16.3. The molecule has 0 aliphatic heterocycles. The third kappa shape index (κ3) is 3.57. The zero-order valence-electron chi connectivity index (χ0n) is 12.4. The average Bonchev–Trinajstić information content (AvgIpc) is 2.54. The number of aromatic carboxylic acids is 1. The molecule has 0 aromatic heterocycles. The summed E-state index contributed by atoms with van der Waals surface area (Å²) in [6.45, 7) is 0. The molecule has 0 aliphatic rings. The Morgan fingerprint density at radius 2 is 1.61 bits per heavy atom. The number of rotatable bonds is 5. The zero-order valence-corrected chi connectivity index (χ0v) is 12.4. The molecular weight excluding hydrogens is 305 g/mol. The monoisotopic (exact) mass is 319 g/mol. The molecule has 0 atom stereocenters. The van der Waals surface area contributed by atoms with Gasteiger partial charge in [0.25, 0.3) is 5.91 Å². The highest BCUT2D eigenvalue weighted by Crippen LogP contribution is 2.33. The van der Waals surface area contributed by atoms with E-state index >= 15 is 0 Å². The SMILES string of the molecule is COc1cc(NC(=O)c2ccc(F)cc2)c(C(=O)O)cc1OC. The maximum absolute atomic E-state index is 12.9. The Morgan fingerprint density at radius 1 is 1.04 bits per heavy atom. The average molecular weight is 319 g/mol. The third-order valence-corrected chi connectivity index (χ3v) is 3.11. The molecule has 0 heterocycles. The highest BCUT2D eigenvalue weighted by molar-refractivity contribution is 6.08. The Bertz CT molecular complexity index is 743. The number of amides is 1. The molecule has 0 spiro atoms. The van der Waals surface area contributed by atoms with E-state index in [4.69, 9.17) is 9.47 Å². The molecule has 2 rings (SSSR count). The third-order valence-electron chi connectivity index (χ3n) is 3.11. The Balaban J connectivity index is 2.39. The molecule has 0 aliphatic carbocycles. The van der Waals surface area contributed by atoms with E-state index in [1.807, 2.05) is 0 Å². The van der Waals surface area contributed by atoms with E-state index in [1.165, 1.54) is 38.5 Å². The molecule has 23 heavy (non-hydrogen) atoms. The number of anilines is 1. The summed E-state index contributed by atoms with van der Waals surface area (Å²) in [6, 6.07) is 7.48. The summed E-state index contributed by atoms with van der Waals surface area (Å²) in [7, 11) is 2.77. The molecule has 2 aromatic carbocycles. The van der Waals surface area contributed by atoms with E-state index in [9.17, 15) is 19.1 Å². The molecule has 0 radical (unpaired) electrons. The van der Waals surface area contributed by atoms with Gasteiger partial charge in [-0.05, 0) is 24.3 Å². The van der Waals surface area contributed by atoms with Crippen LogP contribution in [0.25, 0.3) is 0 Å². The summed E-state index contributed by atoms with van der Waals surface area (Å²) in [5.74, 6) is -1.78. The van der Waals surface area contributed by atoms with Gasteiger partial charge in [-0.25, -0.2) is 9.18 Å². The van der Waals surface area contributed by atoms with Gasteiger partial charge < -0.3 is 19.9 Å². The van der Waals surface area contributed by atoms with E-state index in [1.54, 1.807) is 0 Å². The van der Waals surface area contributed by atoms with Crippen molar-refractivity contribution in [3.8, 4) is 11.5 Å².